The molecule has 17 heavy (non-hydrogen) atoms. The fourth-order valence-electron chi connectivity index (χ4n) is 1.80. The van der Waals surface area contributed by atoms with E-state index in [0.717, 1.165) is 30.9 Å². The lowest BCUT2D eigenvalue weighted by Crippen LogP contribution is -2.15. The number of imidazole rings is 1. The number of nitrogens with zero attached hydrogens (tertiary/aromatic N) is 2. The number of nitrogens with one attached hydrogen (secondary N) is 1. The molecule has 2 aromatic heterocycles. The molecular formula is C14H19N3. The van der Waals surface area contributed by atoms with Gasteiger partial charge in [-0.05, 0) is 31.2 Å². The van der Waals surface area contributed by atoms with E-state index in [0.29, 0.717) is 0 Å². The molecule has 0 radical (unpaired) electrons. The van der Waals surface area contributed by atoms with Crippen LogP contribution in [0.4, 0.5) is 0 Å². The van der Waals surface area contributed by atoms with Crippen molar-refractivity contribution in [2.75, 3.05) is 13.1 Å². The van der Waals surface area contributed by atoms with Crippen LogP contribution in [0, 0.1) is 0 Å². The summed E-state index contributed by atoms with van der Waals surface area (Å²) in [4.78, 5) is 4.57. The van der Waals surface area contributed by atoms with E-state index in [4.69, 9.17) is 0 Å². The maximum atomic E-state index is 4.57. The lowest BCUT2D eigenvalue weighted by molar-refractivity contribution is 0.762. The molecule has 0 spiro atoms. The minimum Gasteiger partial charge on any atom is -0.313 e. The molecule has 0 aliphatic carbocycles. The van der Waals surface area contributed by atoms with Crippen LogP contribution >= 0.6 is 0 Å². The first-order valence-corrected chi connectivity index (χ1v) is 6.17. The Labute approximate surface area is 102 Å². The van der Waals surface area contributed by atoms with Gasteiger partial charge in [-0.2, -0.15) is 0 Å². The van der Waals surface area contributed by atoms with Crippen molar-refractivity contribution in [1.82, 2.24) is 14.7 Å². The van der Waals surface area contributed by atoms with Crippen molar-refractivity contribution in [2.45, 2.75) is 20.3 Å². The summed E-state index contributed by atoms with van der Waals surface area (Å²) in [6.45, 7) is 6.25. The Bertz CT molecular complexity index is 478. The third kappa shape index (κ3) is 2.94. The third-order valence-corrected chi connectivity index (χ3v) is 2.79. The summed E-state index contributed by atoms with van der Waals surface area (Å²) >= 11 is 0. The van der Waals surface area contributed by atoms with Crippen molar-refractivity contribution in [1.29, 1.82) is 0 Å². The normalized spacial score (nSPS) is 12.2. The van der Waals surface area contributed by atoms with Gasteiger partial charge in [-0.15, -0.1) is 0 Å². The summed E-state index contributed by atoms with van der Waals surface area (Å²) in [5.74, 6) is 0. The predicted molar refractivity (Wildman–Crippen MR) is 72.0 cm³/mol. The second-order valence-electron chi connectivity index (χ2n) is 4.07. The van der Waals surface area contributed by atoms with E-state index in [1.807, 2.05) is 28.8 Å². The van der Waals surface area contributed by atoms with Crippen LogP contribution in [0.25, 0.3) is 11.7 Å². The van der Waals surface area contributed by atoms with Crippen LogP contribution in [-0.4, -0.2) is 22.5 Å². The van der Waals surface area contributed by atoms with Gasteiger partial charge in [-0.3, -0.25) is 0 Å². The molecule has 90 valence electrons. The maximum Gasteiger partial charge on any atom is 0.137 e. The third-order valence-electron chi connectivity index (χ3n) is 2.79. The van der Waals surface area contributed by atoms with Crippen LogP contribution in [0.15, 0.2) is 36.2 Å². The Balaban J connectivity index is 2.23. The molecule has 0 aliphatic rings. The molecule has 3 nitrogen and oxygen atoms in total. The molecule has 0 amide bonds. The summed E-state index contributed by atoms with van der Waals surface area (Å²) in [5.41, 5.74) is 3.42. The van der Waals surface area contributed by atoms with Crippen molar-refractivity contribution >= 4 is 11.7 Å². The standard InChI is InChI=1S/C14H19N3/c1-3-12(10-15-4-2)9-13-11-17-8-6-5-7-14(17)16-13/h5-9,11,15H,3-4,10H2,1-2H3. The van der Waals surface area contributed by atoms with Gasteiger partial charge in [0.25, 0.3) is 0 Å². The van der Waals surface area contributed by atoms with Gasteiger partial charge in [0, 0.05) is 18.9 Å². The molecule has 0 aromatic carbocycles. The summed E-state index contributed by atoms with van der Waals surface area (Å²) in [6, 6.07) is 6.05. The Morgan fingerprint density at radius 2 is 2.29 bits per heavy atom. The molecule has 3 heteroatoms. The molecule has 0 atom stereocenters. The van der Waals surface area contributed by atoms with Crippen molar-refractivity contribution in [3.63, 3.8) is 0 Å². The average Bonchev–Trinajstić information content (AvgIpc) is 2.76. The van der Waals surface area contributed by atoms with Crippen molar-refractivity contribution in [3.8, 4) is 0 Å². The highest BCUT2D eigenvalue weighted by Gasteiger charge is 1.99. The van der Waals surface area contributed by atoms with Crippen LogP contribution < -0.4 is 5.32 Å². The van der Waals surface area contributed by atoms with Gasteiger partial charge < -0.3 is 9.72 Å². The molecule has 2 aromatic rings. The second-order valence-corrected chi connectivity index (χ2v) is 4.07. The number of fused-ring (bicyclic) bond motifs is 1. The first-order chi connectivity index (χ1) is 8.33. The molecule has 1 N–H and O–H groups in total. The van der Waals surface area contributed by atoms with Crippen LogP contribution in [0.5, 0.6) is 0 Å². The lowest BCUT2D eigenvalue weighted by Gasteiger charge is -2.03. The van der Waals surface area contributed by atoms with Gasteiger partial charge >= 0.3 is 0 Å². The molecule has 0 bridgehead atoms. The van der Waals surface area contributed by atoms with E-state index in [2.05, 4.69) is 36.4 Å². The van der Waals surface area contributed by atoms with E-state index in [9.17, 15) is 0 Å². The van der Waals surface area contributed by atoms with Gasteiger partial charge in [-0.1, -0.05) is 25.5 Å². The molecule has 0 fully saturated rings. The zero-order chi connectivity index (χ0) is 12.1. The predicted octanol–water partition coefficient (Wildman–Crippen LogP) is 2.74. The van der Waals surface area contributed by atoms with Crippen LogP contribution in [0.3, 0.4) is 0 Å². The first-order valence-electron chi connectivity index (χ1n) is 6.17. The fraction of sp³-hybridized carbons (Fsp3) is 0.357. The zero-order valence-electron chi connectivity index (χ0n) is 10.5. The van der Waals surface area contributed by atoms with E-state index >= 15 is 0 Å². The number of aromatic nitrogens is 2. The quantitative estimate of drug-likeness (QED) is 0.854. The second kappa shape index (κ2) is 5.64. The highest BCUT2D eigenvalue weighted by Crippen LogP contribution is 2.10. The Kier molecular flexibility index (Phi) is 3.94. The molecule has 2 heterocycles. The van der Waals surface area contributed by atoms with Crippen LogP contribution in [-0.2, 0) is 0 Å². The largest absolute Gasteiger partial charge is 0.313 e. The highest BCUT2D eigenvalue weighted by atomic mass is 15.0. The summed E-state index contributed by atoms with van der Waals surface area (Å²) in [6.07, 6.45) is 7.32. The SMILES string of the molecule is CCNCC(=Cc1cn2ccccc2n1)CC. The van der Waals surface area contributed by atoms with Crippen molar-refractivity contribution < 1.29 is 0 Å². The van der Waals surface area contributed by atoms with Gasteiger partial charge in [0.05, 0.1) is 5.69 Å². The van der Waals surface area contributed by atoms with Gasteiger partial charge in [0.15, 0.2) is 0 Å². The molecule has 2 rings (SSSR count). The number of hydrogen-bond acceptors (Lipinski definition) is 2. The monoisotopic (exact) mass is 229 g/mol. The topological polar surface area (TPSA) is 29.3 Å². The summed E-state index contributed by atoms with van der Waals surface area (Å²) < 4.78 is 2.05. The van der Waals surface area contributed by atoms with Gasteiger partial charge in [0.1, 0.15) is 5.65 Å². The van der Waals surface area contributed by atoms with E-state index in [-0.39, 0.29) is 0 Å². The van der Waals surface area contributed by atoms with Gasteiger partial charge in [-0.25, -0.2) is 4.98 Å². The number of hydrogen-bond donors (Lipinski definition) is 1. The molecule has 0 saturated heterocycles. The molecule has 0 saturated carbocycles. The van der Waals surface area contributed by atoms with Crippen molar-refractivity contribution in [3.05, 3.63) is 41.9 Å². The van der Waals surface area contributed by atoms with E-state index in [1.165, 1.54) is 5.57 Å². The maximum absolute atomic E-state index is 4.57. The summed E-state index contributed by atoms with van der Waals surface area (Å²) in [5, 5.41) is 3.35. The number of rotatable bonds is 5. The van der Waals surface area contributed by atoms with Gasteiger partial charge in [0.2, 0.25) is 0 Å². The minimum atomic E-state index is 0.945. The minimum absolute atomic E-state index is 0.945. The smallest absolute Gasteiger partial charge is 0.137 e. The van der Waals surface area contributed by atoms with Crippen LogP contribution in [0.2, 0.25) is 0 Å². The number of pyridine rings is 1. The van der Waals surface area contributed by atoms with Crippen LogP contribution in [0.1, 0.15) is 26.0 Å². The zero-order valence-corrected chi connectivity index (χ0v) is 10.5. The Morgan fingerprint density at radius 3 is 3.00 bits per heavy atom. The molecular weight excluding hydrogens is 210 g/mol. The molecule has 0 aliphatic heterocycles. The summed E-state index contributed by atoms with van der Waals surface area (Å²) in [7, 11) is 0. The van der Waals surface area contributed by atoms with Crippen molar-refractivity contribution in [2.24, 2.45) is 0 Å². The fourth-order valence-corrected chi connectivity index (χ4v) is 1.80. The lowest BCUT2D eigenvalue weighted by atomic mass is 10.1. The highest BCUT2D eigenvalue weighted by molar-refractivity contribution is 5.54. The Morgan fingerprint density at radius 1 is 1.41 bits per heavy atom. The number of likely N-dealkylation sites (N-methyl/N-ethyl adjacent to an activating group) is 1. The van der Waals surface area contributed by atoms with E-state index < -0.39 is 0 Å². The van der Waals surface area contributed by atoms with E-state index in [1.54, 1.807) is 0 Å². The Hall–Kier alpha value is -1.61. The average molecular weight is 229 g/mol. The molecule has 0 unspecified atom stereocenters. The first kappa shape index (κ1) is 11.9.